The van der Waals surface area contributed by atoms with E-state index in [1.807, 2.05) is 6.07 Å². The molecule has 1 rings (SSSR count). The van der Waals surface area contributed by atoms with Gasteiger partial charge >= 0.3 is 0 Å². The van der Waals surface area contributed by atoms with E-state index in [0.29, 0.717) is 12.0 Å². The molecule has 1 aromatic rings. The zero-order valence-corrected chi connectivity index (χ0v) is 10.6. The molecule has 0 spiro atoms. The van der Waals surface area contributed by atoms with Crippen LogP contribution in [0.15, 0.2) is 21.2 Å². The minimum Gasteiger partial charge on any atom is -0.466 e. The van der Waals surface area contributed by atoms with Crippen LogP contribution in [0, 0.1) is 5.92 Å². The Morgan fingerprint density at radius 3 is 2.64 bits per heavy atom. The third-order valence-electron chi connectivity index (χ3n) is 2.56. The molecule has 0 bridgehead atoms. The highest BCUT2D eigenvalue weighted by Gasteiger charge is 2.21. The predicted octanol–water partition coefficient (Wildman–Crippen LogP) is 3.74. The first kappa shape index (κ1) is 11.8. The van der Waals surface area contributed by atoms with Crippen molar-refractivity contribution in [1.82, 2.24) is 5.32 Å². The van der Waals surface area contributed by atoms with Crippen LogP contribution in [0.2, 0.25) is 0 Å². The molecule has 1 heterocycles. The Hall–Kier alpha value is -0.280. The first-order valence-corrected chi connectivity index (χ1v) is 5.96. The van der Waals surface area contributed by atoms with Crippen LogP contribution in [0.4, 0.5) is 0 Å². The SMILES string of the molecule is CCNC(c1occc1Br)C(C)CC. The monoisotopic (exact) mass is 259 g/mol. The van der Waals surface area contributed by atoms with Crippen molar-refractivity contribution in [3.05, 3.63) is 22.6 Å². The fourth-order valence-corrected chi connectivity index (χ4v) is 1.98. The molecule has 0 aliphatic carbocycles. The molecule has 2 atom stereocenters. The number of hydrogen-bond acceptors (Lipinski definition) is 2. The first-order chi connectivity index (χ1) is 6.70. The van der Waals surface area contributed by atoms with Gasteiger partial charge in [0.15, 0.2) is 0 Å². The second kappa shape index (κ2) is 5.56. The lowest BCUT2D eigenvalue weighted by molar-refractivity contribution is 0.322. The Kier molecular flexibility index (Phi) is 4.69. The Balaban J connectivity index is 2.82. The van der Waals surface area contributed by atoms with Crippen LogP contribution in [0.25, 0.3) is 0 Å². The smallest absolute Gasteiger partial charge is 0.135 e. The summed E-state index contributed by atoms with van der Waals surface area (Å²) in [5.74, 6) is 1.60. The van der Waals surface area contributed by atoms with Gasteiger partial charge in [-0.05, 0) is 34.5 Å². The molecule has 1 aromatic heterocycles. The quantitative estimate of drug-likeness (QED) is 0.872. The molecule has 3 heteroatoms. The van der Waals surface area contributed by atoms with Crippen molar-refractivity contribution in [2.24, 2.45) is 5.92 Å². The van der Waals surface area contributed by atoms with E-state index in [0.717, 1.165) is 23.2 Å². The third kappa shape index (κ3) is 2.61. The summed E-state index contributed by atoms with van der Waals surface area (Å²) in [6.45, 7) is 7.52. The van der Waals surface area contributed by atoms with Gasteiger partial charge in [-0.25, -0.2) is 0 Å². The molecule has 14 heavy (non-hydrogen) atoms. The van der Waals surface area contributed by atoms with Crippen LogP contribution in [0.1, 0.15) is 39.0 Å². The van der Waals surface area contributed by atoms with Crippen molar-refractivity contribution < 1.29 is 4.42 Å². The van der Waals surface area contributed by atoms with Gasteiger partial charge in [-0.1, -0.05) is 27.2 Å². The largest absolute Gasteiger partial charge is 0.466 e. The standard InChI is InChI=1S/C11H18BrNO/c1-4-8(3)10(13-5-2)11-9(12)6-7-14-11/h6-8,10,13H,4-5H2,1-3H3. The lowest BCUT2D eigenvalue weighted by Gasteiger charge is -2.22. The highest BCUT2D eigenvalue weighted by Crippen LogP contribution is 2.30. The second-order valence-corrected chi connectivity index (χ2v) is 4.41. The molecule has 80 valence electrons. The summed E-state index contributed by atoms with van der Waals surface area (Å²) in [6.07, 6.45) is 2.87. The molecule has 0 fully saturated rings. The van der Waals surface area contributed by atoms with Gasteiger partial charge in [0, 0.05) is 0 Å². The summed E-state index contributed by atoms with van der Waals surface area (Å²) < 4.78 is 6.55. The molecule has 1 N–H and O–H groups in total. The average Bonchev–Trinajstić information content (AvgIpc) is 2.60. The Morgan fingerprint density at radius 1 is 1.50 bits per heavy atom. The average molecular weight is 260 g/mol. The number of hydrogen-bond donors (Lipinski definition) is 1. The zero-order valence-electron chi connectivity index (χ0n) is 9.01. The van der Waals surface area contributed by atoms with Crippen molar-refractivity contribution in [2.75, 3.05) is 6.54 Å². The van der Waals surface area contributed by atoms with Crippen LogP contribution in [0.5, 0.6) is 0 Å². The Bertz CT molecular complexity index is 272. The first-order valence-electron chi connectivity index (χ1n) is 5.16. The minimum atomic E-state index is 0.314. The van der Waals surface area contributed by atoms with Crippen molar-refractivity contribution in [3.8, 4) is 0 Å². The molecule has 2 unspecified atom stereocenters. The Labute approximate surface area is 94.2 Å². The van der Waals surface area contributed by atoms with E-state index in [4.69, 9.17) is 4.42 Å². The zero-order chi connectivity index (χ0) is 10.6. The molecule has 0 radical (unpaired) electrons. The summed E-state index contributed by atoms with van der Waals surface area (Å²) in [6, 6.07) is 2.26. The molecular weight excluding hydrogens is 242 g/mol. The normalized spacial score (nSPS) is 15.4. The fraction of sp³-hybridized carbons (Fsp3) is 0.636. The predicted molar refractivity (Wildman–Crippen MR) is 62.3 cm³/mol. The lowest BCUT2D eigenvalue weighted by atomic mass is 9.97. The molecule has 0 aromatic carbocycles. The third-order valence-corrected chi connectivity index (χ3v) is 3.22. The van der Waals surface area contributed by atoms with Gasteiger partial charge in [0.1, 0.15) is 5.76 Å². The molecule has 2 nitrogen and oxygen atoms in total. The summed E-state index contributed by atoms with van der Waals surface area (Å²) in [7, 11) is 0. The van der Waals surface area contributed by atoms with Gasteiger partial charge in [-0.3, -0.25) is 0 Å². The van der Waals surface area contributed by atoms with Crippen LogP contribution < -0.4 is 5.32 Å². The van der Waals surface area contributed by atoms with Gasteiger partial charge in [-0.15, -0.1) is 0 Å². The van der Waals surface area contributed by atoms with E-state index in [1.165, 1.54) is 0 Å². The lowest BCUT2D eigenvalue weighted by Crippen LogP contribution is -2.26. The molecule has 0 aliphatic rings. The highest BCUT2D eigenvalue weighted by molar-refractivity contribution is 9.10. The van der Waals surface area contributed by atoms with E-state index >= 15 is 0 Å². The fourth-order valence-electron chi connectivity index (χ4n) is 1.54. The van der Waals surface area contributed by atoms with Crippen LogP contribution in [0.3, 0.4) is 0 Å². The van der Waals surface area contributed by atoms with Gasteiger partial charge in [0.05, 0.1) is 16.8 Å². The van der Waals surface area contributed by atoms with Crippen LogP contribution in [-0.2, 0) is 0 Å². The van der Waals surface area contributed by atoms with E-state index in [1.54, 1.807) is 6.26 Å². The van der Waals surface area contributed by atoms with Gasteiger partial charge in [0.2, 0.25) is 0 Å². The maximum Gasteiger partial charge on any atom is 0.135 e. The van der Waals surface area contributed by atoms with E-state index in [-0.39, 0.29) is 0 Å². The van der Waals surface area contributed by atoms with Gasteiger partial charge in [-0.2, -0.15) is 0 Å². The van der Waals surface area contributed by atoms with Crippen molar-refractivity contribution in [2.45, 2.75) is 33.2 Å². The van der Waals surface area contributed by atoms with Gasteiger partial charge < -0.3 is 9.73 Å². The molecular formula is C11H18BrNO. The van der Waals surface area contributed by atoms with Crippen molar-refractivity contribution >= 4 is 15.9 Å². The van der Waals surface area contributed by atoms with Crippen molar-refractivity contribution in [3.63, 3.8) is 0 Å². The topological polar surface area (TPSA) is 25.2 Å². The highest BCUT2D eigenvalue weighted by atomic mass is 79.9. The molecule has 0 saturated carbocycles. The number of rotatable bonds is 5. The molecule has 0 saturated heterocycles. The number of halogens is 1. The molecule has 0 amide bonds. The number of nitrogens with one attached hydrogen (secondary N) is 1. The summed E-state index contributed by atoms with van der Waals surface area (Å²) in [4.78, 5) is 0. The molecule has 0 aliphatic heterocycles. The maximum atomic E-state index is 5.49. The van der Waals surface area contributed by atoms with Crippen LogP contribution >= 0.6 is 15.9 Å². The summed E-state index contributed by atoms with van der Waals surface area (Å²) in [5, 5.41) is 3.45. The Morgan fingerprint density at radius 2 is 2.21 bits per heavy atom. The second-order valence-electron chi connectivity index (χ2n) is 3.55. The van der Waals surface area contributed by atoms with Crippen LogP contribution in [-0.4, -0.2) is 6.54 Å². The number of furan rings is 1. The van der Waals surface area contributed by atoms with E-state index < -0.39 is 0 Å². The van der Waals surface area contributed by atoms with Crippen molar-refractivity contribution in [1.29, 1.82) is 0 Å². The van der Waals surface area contributed by atoms with E-state index in [2.05, 4.69) is 42.0 Å². The maximum absolute atomic E-state index is 5.49. The van der Waals surface area contributed by atoms with Gasteiger partial charge in [0.25, 0.3) is 0 Å². The summed E-state index contributed by atoms with van der Waals surface area (Å²) in [5.41, 5.74) is 0. The summed E-state index contributed by atoms with van der Waals surface area (Å²) >= 11 is 3.50. The van der Waals surface area contributed by atoms with E-state index in [9.17, 15) is 0 Å². The minimum absolute atomic E-state index is 0.314.